The van der Waals surface area contributed by atoms with E-state index in [0.29, 0.717) is 6.07 Å². The van der Waals surface area contributed by atoms with E-state index in [9.17, 15) is 26.3 Å². The van der Waals surface area contributed by atoms with Gasteiger partial charge in [0, 0.05) is 5.56 Å². The van der Waals surface area contributed by atoms with Gasteiger partial charge in [-0.3, -0.25) is 0 Å². The monoisotopic (exact) mass is 258 g/mol. The maximum atomic E-state index is 13.2. The van der Waals surface area contributed by atoms with Crippen molar-refractivity contribution in [3.63, 3.8) is 0 Å². The third-order valence-electron chi connectivity index (χ3n) is 2.23. The van der Waals surface area contributed by atoms with Crippen molar-refractivity contribution < 1.29 is 31.4 Å². The number of aryl methyl sites for hydroxylation is 1. The first-order valence-corrected chi connectivity index (χ1v) is 4.47. The molecule has 0 fully saturated rings. The number of benzene rings is 1. The molecule has 0 aliphatic heterocycles. The molecule has 1 nitrogen and oxygen atoms in total. The molecule has 0 aliphatic carbocycles. The maximum absolute atomic E-state index is 13.2. The van der Waals surface area contributed by atoms with Crippen LogP contribution in [0.4, 0.5) is 26.3 Å². The van der Waals surface area contributed by atoms with Gasteiger partial charge >= 0.3 is 12.3 Å². The molecule has 0 amide bonds. The van der Waals surface area contributed by atoms with E-state index < -0.39 is 35.6 Å². The average molecular weight is 258 g/mol. The van der Waals surface area contributed by atoms with Crippen LogP contribution in [-0.2, 0) is 0 Å². The summed E-state index contributed by atoms with van der Waals surface area (Å²) in [5, 5.41) is 8.98. The van der Waals surface area contributed by atoms with Gasteiger partial charge in [-0.15, -0.1) is 0 Å². The third-order valence-corrected chi connectivity index (χ3v) is 2.23. The number of hydrogen-bond acceptors (Lipinski definition) is 1. The Kier molecular flexibility index (Phi) is 3.71. The van der Waals surface area contributed by atoms with Crippen LogP contribution in [0.1, 0.15) is 17.2 Å². The molecule has 96 valence electrons. The zero-order chi connectivity index (χ0) is 13.4. The Hall–Kier alpha value is -1.24. The summed E-state index contributed by atoms with van der Waals surface area (Å²) in [7, 11) is 0. The van der Waals surface area contributed by atoms with Gasteiger partial charge in [0.15, 0.2) is 6.10 Å². The fraction of sp³-hybridized carbons (Fsp3) is 0.400. The lowest BCUT2D eigenvalue weighted by Crippen LogP contribution is -2.34. The van der Waals surface area contributed by atoms with Gasteiger partial charge in [-0.2, -0.15) is 8.78 Å². The molecule has 0 saturated heterocycles. The van der Waals surface area contributed by atoms with Gasteiger partial charge in [0.2, 0.25) is 0 Å². The van der Waals surface area contributed by atoms with Crippen molar-refractivity contribution in [2.75, 3.05) is 0 Å². The summed E-state index contributed by atoms with van der Waals surface area (Å²) < 4.78 is 75.5. The molecule has 0 radical (unpaired) electrons. The second kappa shape index (κ2) is 4.56. The molecule has 1 unspecified atom stereocenters. The summed E-state index contributed by atoms with van der Waals surface area (Å²) in [6.45, 7) is 1.17. The van der Waals surface area contributed by atoms with E-state index in [4.69, 9.17) is 5.11 Å². The van der Waals surface area contributed by atoms with Crippen LogP contribution in [0.25, 0.3) is 0 Å². The van der Waals surface area contributed by atoms with Crippen LogP contribution in [0, 0.1) is 18.6 Å². The van der Waals surface area contributed by atoms with Gasteiger partial charge in [-0.05, 0) is 24.6 Å². The molecule has 0 aliphatic rings. The number of hydrogen-bond donors (Lipinski definition) is 1. The fourth-order valence-electron chi connectivity index (χ4n) is 1.20. The molecule has 1 atom stereocenters. The van der Waals surface area contributed by atoms with E-state index >= 15 is 0 Å². The predicted octanol–water partition coefficient (Wildman–Crippen LogP) is 3.21. The number of aliphatic hydroxyl groups excluding tert-OH is 1. The lowest BCUT2D eigenvalue weighted by Gasteiger charge is -2.22. The van der Waals surface area contributed by atoms with Gasteiger partial charge in [0.25, 0.3) is 0 Å². The van der Waals surface area contributed by atoms with E-state index in [1.54, 1.807) is 0 Å². The first-order valence-electron chi connectivity index (χ1n) is 4.47. The van der Waals surface area contributed by atoms with Crippen LogP contribution < -0.4 is 0 Å². The number of alkyl halides is 4. The van der Waals surface area contributed by atoms with Crippen molar-refractivity contribution in [2.45, 2.75) is 25.4 Å². The number of rotatable bonds is 3. The topological polar surface area (TPSA) is 20.2 Å². The van der Waals surface area contributed by atoms with Crippen molar-refractivity contribution >= 4 is 0 Å². The number of aliphatic hydroxyl groups is 1. The van der Waals surface area contributed by atoms with Crippen LogP contribution in [0.3, 0.4) is 0 Å². The molecular formula is C10H8F6O. The van der Waals surface area contributed by atoms with E-state index in [1.165, 1.54) is 6.92 Å². The fourth-order valence-corrected chi connectivity index (χ4v) is 1.20. The van der Waals surface area contributed by atoms with Gasteiger partial charge in [-0.1, -0.05) is 0 Å². The second-order valence-electron chi connectivity index (χ2n) is 3.50. The minimum Gasteiger partial charge on any atom is -0.382 e. The Morgan fingerprint density at radius 2 is 1.65 bits per heavy atom. The Morgan fingerprint density at radius 3 is 2.12 bits per heavy atom. The van der Waals surface area contributed by atoms with Crippen molar-refractivity contribution in [1.29, 1.82) is 0 Å². The van der Waals surface area contributed by atoms with E-state index in [-0.39, 0.29) is 11.6 Å². The molecule has 0 heterocycles. The zero-order valence-corrected chi connectivity index (χ0v) is 8.52. The van der Waals surface area contributed by atoms with Crippen molar-refractivity contribution in [3.8, 4) is 0 Å². The van der Waals surface area contributed by atoms with Gasteiger partial charge in [-0.25, -0.2) is 17.6 Å². The normalized spacial score (nSPS) is 14.2. The molecule has 17 heavy (non-hydrogen) atoms. The summed E-state index contributed by atoms with van der Waals surface area (Å²) >= 11 is 0. The molecule has 1 aromatic rings. The summed E-state index contributed by atoms with van der Waals surface area (Å²) in [6, 6.07) is 0.834. The highest BCUT2D eigenvalue weighted by atomic mass is 19.3. The van der Waals surface area contributed by atoms with Crippen molar-refractivity contribution in [2.24, 2.45) is 0 Å². The molecule has 0 aromatic heterocycles. The van der Waals surface area contributed by atoms with Gasteiger partial charge in [0.1, 0.15) is 11.6 Å². The lowest BCUT2D eigenvalue weighted by molar-refractivity contribution is -0.194. The zero-order valence-electron chi connectivity index (χ0n) is 8.52. The Bertz CT molecular complexity index is 418. The quantitative estimate of drug-likeness (QED) is 0.825. The van der Waals surface area contributed by atoms with Crippen LogP contribution in [0.15, 0.2) is 12.1 Å². The third kappa shape index (κ3) is 2.54. The molecule has 7 heteroatoms. The average Bonchev–Trinajstić information content (AvgIpc) is 2.22. The Morgan fingerprint density at radius 1 is 1.12 bits per heavy atom. The van der Waals surface area contributed by atoms with Gasteiger partial charge < -0.3 is 5.11 Å². The molecule has 0 bridgehead atoms. The number of halogens is 6. The van der Waals surface area contributed by atoms with Crippen LogP contribution in [0.2, 0.25) is 0 Å². The smallest absolute Gasteiger partial charge is 0.336 e. The Labute approximate surface area is 92.7 Å². The van der Waals surface area contributed by atoms with E-state index in [2.05, 4.69) is 0 Å². The minimum absolute atomic E-state index is 0.182. The first-order chi connectivity index (χ1) is 7.67. The predicted molar refractivity (Wildman–Crippen MR) is 47.0 cm³/mol. The lowest BCUT2D eigenvalue weighted by atomic mass is 10.0. The highest BCUT2D eigenvalue weighted by Gasteiger charge is 2.49. The summed E-state index contributed by atoms with van der Waals surface area (Å²) in [5.41, 5.74) is -1.38. The van der Waals surface area contributed by atoms with Crippen LogP contribution >= 0.6 is 0 Å². The minimum atomic E-state index is -4.84. The van der Waals surface area contributed by atoms with Crippen LogP contribution in [-0.4, -0.2) is 17.5 Å². The molecule has 1 N–H and O–H groups in total. The molecular weight excluding hydrogens is 250 g/mol. The highest BCUT2D eigenvalue weighted by Crippen LogP contribution is 2.37. The standard InChI is InChI=1S/C10H8F6O/c1-4-2-7(12)5(3-6(4)11)8(17)10(15,16)9(13)14/h2-3,8-9,17H,1H3. The van der Waals surface area contributed by atoms with E-state index in [0.717, 1.165) is 0 Å². The molecule has 0 spiro atoms. The summed E-state index contributed by atoms with van der Waals surface area (Å²) in [5.74, 6) is -7.27. The molecule has 0 saturated carbocycles. The maximum Gasteiger partial charge on any atom is 0.336 e. The van der Waals surface area contributed by atoms with Crippen molar-refractivity contribution in [1.82, 2.24) is 0 Å². The van der Waals surface area contributed by atoms with E-state index in [1.807, 2.05) is 0 Å². The molecule has 1 aromatic carbocycles. The SMILES string of the molecule is Cc1cc(F)c(C(O)C(F)(F)C(F)F)cc1F. The highest BCUT2D eigenvalue weighted by molar-refractivity contribution is 5.28. The summed E-state index contributed by atoms with van der Waals surface area (Å²) in [4.78, 5) is 0. The summed E-state index contributed by atoms with van der Waals surface area (Å²) in [6.07, 6.45) is -7.28. The largest absolute Gasteiger partial charge is 0.382 e. The first kappa shape index (κ1) is 13.8. The Balaban J connectivity index is 3.21. The second-order valence-corrected chi connectivity index (χ2v) is 3.50. The molecule has 1 rings (SSSR count). The van der Waals surface area contributed by atoms with Crippen molar-refractivity contribution in [3.05, 3.63) is 34.9 Å². The van der Waals surface area contributed by atoms with Gasteiger partial charge in [0.05, 0.1) is 0 Å². The van der Waals surface area contributed by atoms with Crippen LogP contribution in [0.5, 0.6) is 0 Å².